The van der Waals surface area contributed by atoms with E-state index in [2.05, 4.69) is 6.58 Å². The molecule has 0 amide bonds. The van der Waals surface area contributed by atoms with E-state index in [1.54, 1.807) is 18.2 Å². The van der Waals surface area contributed by atoms with Gasteiger partial charge in [-0.25, -0.2) is 13.2 Å². The maximum absolute atomic E-state index is 14.5. The average Bonchev–Trinajstić information content (AvgIpc) is 2.68. The number of aryl methyl sites for hydroxylation is 1. The molecule has 1 saturated carbocycles. The first-order valence-corrected chi connectivity index (χ1v) is 9.10. The second-order valence-electron chi connectivity index (χ2n) is 7.03. The van der Waals surface area contributed by atoms with Crippen LogP contribution in [0.5, 0.6) is 5.75 Å². The van der Waals surface area contributed by atoms with Gasteiger partial charge in [0.05, 0.1) is 0 Å². The molecule has 0 aromatic heterocycles. The second-order valence-corrected chi connectivity index (χ2v) is 7.03. The van der Waals surface area contributed by atoms with Gasteiger partial charge in [0, 0.05) is 0 Å². The van der Waals surface area contributed by atoms with E-state index in [0.29, 0.717) is 36.8 Å². The third-order valence-electron chi connectivity index (χ3n) is 5.35. The van der Waals surface area contributed by atoms with Gasteiger partial charge in [0.15, 0.2) is 23.2 Å². The number of benzene rings is 2. The molecule has 0 heterocycles. The van der Waals surface area contributed by atoms with E-state index in [-0.39, 0.29) is 29.8 Å². The van der Waals surface area contributed by atoms with Gasteiger partial charge in [0.25, 0.3) is 0 Å². The molecule has 3 rings (SSSR count). The molecule has 27 heavy (non-hydrogen) atoms. The van der Waals surface area contributed by atoms with Gasteiger partial charge in [0.2, 0.25) is 5.82 Å². The molecule has 5 heteroatoms. The van der Waals surface area contributed by atoms with Crippen LogP contribution in [0.3, 0.4) is 0 Å². The first-order chi connectivity index (χ1) is 12.9. The third-order valence-corrected chi connectivity index (χ3v) is 5.35. The number of halogens is 4. The van der Waals surface area contributed by atoms with Crippen molar-refractivity contribution in [2.45, 2.75) is 44.4 Å². The zero-order valence-corrected chi connectivity index (χ0v) is 15.2. The van der Waals surface area contributed by atoms with Gasteiger partial charge in [-0.05, 0) is 67.2 Å². The topological polar surface area (TPSA) is 9.23 Å². The Morgan fingerprint density at radius 3 is 1.93 bits per heavy atom. The molecule has 1 nitrogen and oxygen atoms in total. The SMILES string of the molecule is C=CCOc1ccc(C2CCC(c3ccc(C)c(F)c3F)CC2)c(F)c1F. The number of rotatable bonds is 5. The van der Waals surface area contributed by atoms with Crippen LogP contribution in [0, 0.1) is 30.2 Å². The van der Waals surface area contributed by atoms with E-state index in [0.717, 1.165) is 0 Å². The number of hydrogen-bond acceptors (Lipinski definition) is 1. The minimum atomic E-state index is -0.997. The average molecular weight is 378 g/mol. The summed E-state index contributed by atoms with van der Waals surface area (Å²) >= 11 is 0. The van der Waals surface area contributed by atoms with Crippen LogP contribution in [0.15, 0.2) is 36.9 Å². The summed E-state index contributed by atoms with van der Waals surface area (Å²) in [4.78, 5) is 0. The zero-order valence-electron chi connectivity index (χ0n) is 15.2. The van der Waals surface area contributed by atoms with Crippen molar-refractivity contribution in [2.24, 2.45) is 0 Å². The van der Waals surface area contributed by atoms with Crippen molar-refractivity contribution in [3.8, 4) is 5.75 Å². The summed E-state index contributed by atoms with van der Waals surface area (Å²) in [6.07, 6.45) is 3.82. The van der Waals surface area contributed by atoms with Crippen molar-refractivity contribution in [1.29, 1.82) is 0 Å². The Kier molecular flexibility index (Phi) is 5.88. The second kappa shape index (κ2) is 8.15. The molecule has 1 aliphatic carbocycles. The molecule has 0 radical (unpaired) electrons. The van der Waals surface area contributed by atoms with Crippen LogP contribution in [0.4, 0.5) is 17.6 Å². The summed E-state index contributed by atoms with van der Waals surface area (Å²) < 4.78 is 61.8. The molecule has 0 saturated heterocycles. The molecule has 0 atom stereocenters. The lowest BCUT2D eigenvalue weighted by Gasteiger charge is -2.30. The lowest BCUT2D eigenvalue weighted by Crippen LogP contribution is -2.15. The molecular formula is C22H22F4O. The Morgan fingerprint density at radius 2 is 1.37 bits per heavy atom. The van der Waals surface area contributed by atoms with E-state index in [1.807, 2.05) is 0 Å². The lowest BCUT2D eigenvalue weighted by atomic mass is 9.75. The maximum Gasteiger partial charge on any atom is 0.200 e. The molecule has 0 spiro atoms. The Hall–Kier alpha value is -2.30. The quantitative estimate of drug-likeness (QED) is 0.423. The molecule has 0 unspecified atom stereocenters. The summed E-state index contributed by atoms with van der Waals surface area (Å²) in [6.45, 7) is 5.10. The van der Waals surface area contributed by atoms with Crippen molar-refractivity contribution in [3.63, 3.8) is 0 Å². The minimum absolute atomic E-state index is 0.0967. The van der Waals surface area contributed by atoms with Crippen LogP contribution in [0.25, 0.3) is 0 Å². The smallest absolute Gasteiger partial charge is 0.200 e. The Balaban J connectivity index is 1.73. The summed E-state index contributed by atoms with van der Waals surface area (Å²) in [5, 5.41) is 0. The van der Waals surface area contributed by atoms with E-state index < -0.39 is 23.3 Å². The van der Waals surface area contributed by atoms with Gasteiger partial charge >= 0.3 is 0 Å². The summed E-state index contributed by atoms with van der Waals surface area (Å²) in [6, 6.07) is 6.19. The fraction of sp³-hybridized carbons (Fsp3) is 0.364. The van der Waals surface area contributed by atoms with E-state index >= 15 is 0 Å². The highest BCUT2D eigenvalue weighted by atomic mass is 19.2. The van der Waals surface area contributed by atoms with Crippen LogP contribution < -0.4 is 4.74 Å². The maximum atomic E-state index is 14.5. The van der Waals surface area contributed by atoms with Gasteiger partial charge in [-0.3, -0.25) is 0 Å². The molecule has 2 aromatic rings. The highest BCUT2D eigenvalue weighted by Crippen LogP contribution is 2.43. The van der Waals surface area contributed by atoms with Crippen LogP contribution in [-0.4, -0.2) is 6.61 Å². The molecule has 1 fully saturated rings. The van der Waals surface area contributed by atoms with E-state index in [1.165, 1.54) is 19.1 Å². The normalized spacial score (nSPS) is 19.7. The van der Waals surface area contributed by atoms with Crippen molar-refractivity contribution in [1.82, 2.24) is 0 Å². The van der Waals surface area contributed by atoms with Crippen molar-refractivity contribution >= 4 is 0 Å². The Bertz CT molecular complexity index is 839. The van der Waals surface area contributed by atoms with Gasteiger partial charge in [-0.15, -0.1) is 0 Å². The third kappa shape index (κ3) is 3.87. The van der Waals surface area contributed by atoms with Gasteiger partial charge in [0.1, 0.15) is 6.61 Å². The fourth-order valence-corrected chi connectivity index (χ4v) is 3.81. The Labute approximate surface area is 156 Å². The zero-order chi connectivity index (χ0) is 19.6. The monoisotopic (exact) mass is 378 g/mol. The molecule has 144 valence electrons. The van der Waals surface area contributed by atoms with Crippen LogP contribution >= 0.6 is 0 Å². The van der Waals surface area contributed by atoms with Crippen LogP contribution in [0.2, 0.25) is 0 Å². The lowest BCUT2D eigenvalue weighted by molar-refractivity contribution is 0.327. The van der Waals surface area contributed by atoms with Crippen molar-refractivity contribution < 1.29 is 22.3 Å². The summed E-state index contributed by atoms with van der Waals surface area (Å²) in [5.41, 5.74) is 0.963. The first-order valence-electron chi connectivity index (χ1n) is 9.10. The Morgan fingerprint density at radius 1 is 0.852 bits per heavy atom. The fourth-order valence-electron chi connectivity index (χ4n) is 3.81. The molecule has 0 aliphatic heterocycles. The molecule has 2 aromatic carbocycles. The molecule has 1 aliphatic rings. The van der Waals surface area contributed by atoms with Crippen LogP contribution in [-0.2, 0) is 0 Å². The highest BCUT2D eigenvalue weighted by molar-refractivity contribution is 5.34. The van der Waals surface area contributed by atoms with Crippen molar-refractivity contribution in [2.75, 3.05) is 6.61 Å². The first kappa shape index (κ1) is 19.5. The van der Waals surface area contributed by atoms with Gasteiger partial charge in [-0.1, -0.05) is 30.9 Å². The van der Waals surface area contributed by atoms with Crippen molar-refractivity contribution in [3.05, 3.63) is 76.9 Å². The summed E-state index contributed by atoms with van der Waals surface area (Å²) in [5.74, 6) is -3.89. The van der Waals surface area contributed by atoms with E-state index in [9.17, 15) is 17.6 Å². The molecular weight excluding hydrogens is 356 g/mol. The minimum Gasteiger partial charge on any atom is -0.486 e. The molecule has 0 N–H and O–H groups in total. The van der Waals surface area contributed by atoms with Gasteiger partial charge in [-0.2, -0.15) is 4.39 Å². The molecule has 0 bridgehead atoms. The number of hydrogen-bond donors (Lipinski definition) is 0. The predicted octanol–water partition coefficient (Wildman–Crippen LogP) is 6.56. The van der Waals surface area contributed by atoms with E-state index in [4.69, 9.17) is 4.74 Å². The largest absolute Gasteiger partial charge is 0.486 e. The predicted molar refractivity (Wildman–Crippen MR) is 97.1 cm³/mol. The highest BCUT2D eigenvalue weighted by Gasteiger charge is 2.29. The standard InChI is InChI=1S/C22H22F4O/c1-3-12-27-18-11-10-17(21(25)22(18)26)15-7-5-14(6-8-15)16-9-4-13(2)19(23)20(16)24/h3-4,9-11,14-15H,1,5-8,12H2,2H3. The van der Waals surface area contributed by atoms with Crippen LogP contribution in [0.1, 0.15) is 54.2 Å². The summed E-state index contributed by atoms with van der Waals surface area (Å²) in [7, 11) is 0. The van der Waals surface area contributed by atoms with Gasteiger partial charge < -0.3 is 4.74 Å². The number of ether oxygens (including phenoxy) is 1.